The molecular formula is C8H11N3O2. The van der Waals surface area contributed by atoms with E-state index in [1.165, 1.54) is 0 Å². The van der Waals surface area contributed by atoms with Crippen molar-refractivity contribution in [1.29, 1.82) is 0 Å². The standard InChI is InChI=1S/C8H11N3O2/c1-2-6-7(8(12)13)11(10-9-6)5-3-4-5/h5H,2-4H2,1H3,(H,12,13). The summed E-state index contributed by atoms with van der Waals surface area (Å²) in [6.45, 7) is 1.88. The summed E-state index contributed by atoms with van der Waals surface area (Å²) in [5.41, 5.74) is 0.851. The van der Waals surface area contributed by atoms with Crippen molar-refractivity contribution in [3.63, 3.8) is 0 Å². The number of carbonyl (C=O) groups is 1. The summed E-state index contributed by atoms with van der Waals surface area (Å²) in [5, 5.41) is 16.6. The molecule has 0 aromatic carbocycles. The molecule has 1 aliphatic carbocycles. The zero-order chi connectivity index (χ0) is 9.42. The molecule has 1 aromatic rings. The van der Waals surface area contributed by atoms with E-state index in [0.717, 1.165) is 12.8 Å². The highest BCUT2D eigenvalue weighted by molar-refractivity contribution is 5.86. The molecule has 0 spiro atoms. The summed E-state index contributed by atoms with van der Waals surface area (Å²) < 4.78 is 1.54. The first kappa shape index (κ1) is 8.22. The van der Waals surface area contributed by atoms with E-state index >= 15 is 0 Å². The molecule has 1 aromatic heterocycles. The van der Waals surface area contributed by atoms with Crippen molar-refractivity contribution in [3.05, 3.63) is 11.4 Å². The van der Waals surface area contributed by atoms with Crippen LogP contribution in [0.4, 0.5) is 0 Å². The molecule has 2 rings (SSSR count). The van der Waals surface area contributed by atoms with Gasteiger partial charge in [-0.15, -0.1) is 5.10 Å². The maximum Gasteiger partial charge on any atom is 0.356 e. The third kappa shape index (κ3) is 1.30. The molecule has 0 radical (unpaired) electrons. The van der Waals surface area contributed by atoms with Crippen LogP contribution in [-0.2, 0) is 6.42 Å². The number of nitrogens with zero attached hydrogens (tertiary/aromatic N) is 3. The van der Waals surface area contributed by atoms with E-state index < -0.39 is 5.97 Å². The molecule has 0 amide bonds. The number of carboxylic acids is 1. The maximum absolute atomic E-state index is 10.9. The predicted octanol–water partition coefficient (Wildman–Crippen LogP) is 0.874. The minimum absolute atomic E-state index is 0.269. The fourth-order valence-corrected chi connectivity index (χ4v) is 1.36. The van der Waals surface area contributed by atoms with E-state index in [2.05, 4.69) is 10.3 Å². The monoisotopic (exact) mass is 181 g/mol. The van der Waals surface area contributed by atoms with Crippen LogP contribution in [0.15, 0.2) is 0 Å². The first-order chi connectivity index (χ1) is 6.24. The predicted molar refractivity (Wildman–Crippen MR) is 44.6 cm³/mol. The van der Waals surface area contributed by atoms with Gasteiger partial charge in [-0.3, -0.25) is 0 Å². The third-order valence-electron chi connectivity index (χ3n) is 2.19. The van der Waals surface area contributed by atoms with Crippen LogP contribution in [0.3, 0.4) is 0 Å². The minimum atomic E-state index is -0.922. The van der Waals surface area contributed by atoms with Crippen LogP contribution in [0.25, 0.3) is 0 Å². The van der Waals surface area contributed by atoms with Crippen molar-refractivity contribution in [1.82, 2.24) is 15.0 Å². The Hall–Kier alpha value is -1.39. The smallest absolute Gasteiger partial charge is 0.356 e. The molecule has 0 atom stereocenters. The molecule has 0 unspecified atom stereocenters. The van der Waals surface area contributed by atoms with Crippen LogP contribution in [0.1, 0.15) is 42.0 Å². The summed E-state index contributed by atoms with van der Waals surface area (Å²) in [5.74, 6) is -0.922. The van der Waals surface area contributed by atoms with Crippen LogP contribution in [0.2, 0.25) is 0 Å². The average molecular weight is 181 g/mol. The number of aromatic carboxylic acids is 1. The van der Waals surface area contributed by atoms with Gasteiger partial charge in [0.2, 0.25) is 0 Å². The number of aromatic nitrogens is 3. The second kappa shape index (κ2) is 2.83. The van der Waals surface area contributed by atoms with Gasteiger partial charge in [-0.2, -0.15) is 0 Å². The number of carboxylic acid groups (broad SMARTS) is 1. The first-order valence-corrected chi connectivity index (χ1v) is 4.41. The van der Waals surface area contributed by atoms with E-state index in [-0.39, 0.29) is 11.7 Å². The zero-order valence-corrected chi connectivity index (χ0v) is 7.40. The van der Waals surface area contributed by atoms with Crippen molar-refractivity contribution >= 4 is 5.97 Å². The quantitative estimate of drug-likeness (QED) is 0.751. The number of hydrogen-bond acceptors (Lipinski definition) is 3. The Labute approximate surface area is 75.4 Å². The van der Waals surface area contributed by atoms with Crippen molar-refractivity contribution < 1.29 is 9.90 Å². The Kier molecular flexibility index (Phi) is 1.79. The van der Waals surface area contributed by atoms with E-state index in [1.807, 2.05) is 6.92 Å². The molecule has 0 aliphatic heterocycles. The normalized spacial score (nSPS) is 16.1. The van der Waals surface area contributed by atoms with Gasteiger partial charge in [0.1, 0.15) is 0 Å². The highest BCUT2D eigenvalue weighted by Crippen LogP contribution is 2.35. The lowest BCUT2D eigenvalue weighted by Crippen LogP contribution is -2.10. The largest absolute Gasteiger partial charge is 0.476 e. The zero-order valence-electron chi connectivity index (χ0n) is 7.40. The minimum Gasteiger partial charge on any atom is -0.476 e. The average Bonchev–Trinajstić information content (AvgIpc) is 2.84. The van der Waals surface area contributed by atoms with Crippen LogP contribution in [0, 0.1) is 0 Å². The van der Waals surface area contributed by atoms with Crippen molar-refractivity contribution in [2.45, 2.75) is 32.2 Å². The van der Waals surface area contributed by atoms with Crippen LogP contribution >= 0.6 is 0 Å². The van der Waals surface area contributed by atoms with Gasteiger partial charge < -0.3 is 5.11 Å². The number of rotatable bonds is 3. The SMILES string of the molecule is CCc1nnn(C2CC2)c1C(=O)O. The summed E-state index contributed by atoms with van der Waals surface area (Å²) in [6.07, 6.45) is 2.66. The van der Waals surface area contributed by atoms with Gasteiger partial charge in [0, 0.05) is 0 Å². The molecule has 1 heterocycles. The second-order valence-electron chi connectivity index (χ2n) is 3.22. The highest BCUT2D eigenvalue weighted by Gasteiger charge is 2.30. The Morgan fingerprint density at radius 3 is 2.85 bits per heavy atom. The Bertz CT molecular complexity index is 341. The van der Waals surface area contributed by atoms with E-state index in [0.29, 0.717) is 12.1 Å². The van der Waals surface area contributed by atoms with Gasteiger partial charge >= 0.3 is 5.97 Å². The van der Waals surface area contributed by atoms with Crippen molar-refractivity contribution in [2.24, 2.45) is 0 Å². The van der Waals surface area contributed by atoms with Crippen molar-refractivity contribution in [2.75, 3.05) is 0 Å². The lowest BCUT2D eigenvalue weighted by Gasteiger charge is -1.99. The van der Waals surface area contributed by atoms with Gasteiger partial charge in [-0.1, -0.05) is 12.1 Å². The van der Waals surface area contributed by atoms with Gasteiger partial charge in [0.05, 0.1) is 11.7 Å². The molecular weight excluding hydrogens is 170 g/mol. The van der Waals surface area contributed by atoms with Gasteiger partial charge in [-0.25, -0.2) is 9.48 Å². The second-order valence-corrected chi connectivity index (χ2v) is 3.22. The van der Waals surface area contributed by atoms with Crippen molar-refractivity contribution in [3.8, 4) is 0 Å². The molecule has 1 aliphatic rings. The number of aryl methyl sites for hydroxylation is 1. The fraction of sp³-hybridized carbons (Fsp3) is 0.625. The molecule has 0 saturated heterocycles. The fourth-order valence-electron chi connectivity index (χ4n) is 1.36. The lowest BCUT2D eigenvalue weighted by atomic mass is 10.2. The summed E-state index contributed by atoms with van der Waals surface area (Å²) in [4.78, 5) is 10.9. The summed E-state index contributed by atoms with van der Waals surface area (Å²) in [7, 11) is 0. The topological polar surface area (TPSA) is 68.0 Å². The summed E-state index contributed by atoms with van der Waals surface area (Å²) >= 11 is 0. The highest BCUT2D eigenvalue weighted by atomic mass is 16.4. The first-order valence-electron chi connectivity index (χ1n) is 4.41. The van der Waals surface area contributed by atoms with Gasteiger partial charge in [-0.05, 0) is 19.3 Å². The van der Waals surface area contributed by atoms with E-state index in [4.69, 9.17) is 5.11 Å². The maximum atomic E-state index is 10.9. The lowest BCUT2D eigenvalue weighted by molar-refractivity contribution is 0.0681. The molecule has 1 fully saturated rings. The molecule has 5 nitrogen and oxygen atoms in total. The van der Waals surface area contributed by atoms with Crippen LogP contribution < -0.4 is 0 Å². The van der Waals surface area contributed by atoms with Gasteiger partial charge in [0.25, 0.3) is 0 Å². The summed E-state index contributed by atoms with van der Waals surface area (Å²) in [6, 6.07) is 0.277. The Morgan fingerprint density at radius 2 is 2.38 bits per heavy atom. The third-order valence-corrected chi connectivity index (χ3v) is 2.19. The van der Waals surface area contributed by atoms with E-state index in [9.17, 15) is 4.79 Å². The molecule has 1 saturated carbocycles. The van der Waals surface area contributed by atoms with E-state index in [1.54, 1.807) is 4.68 Å². The Balaban J connectivity index is 2.44. The molecule has 70 valence electrons. The molecule has 5 heteroatoms. The molecule has 1 N–H and O–H groups in total. The molecule has 0 bridgehead atoms. The van der Waals surface area contributed by atoms with Crippen LogP contribution in [0.5, 0.6) is 0 Å². The van der Waals surface area contributed by atoms with Crippen LogP contribution in [-0.4, -0.2) is 26.1 Å². The van der Waals surface area contributed by atoms with Gasteiger partial charge in [0.15, 0.2) is 5.69 Å². The number of hydrogen-bond donors (Lipinski definition) is 1. The Morgan fingerprint density at radius 1 is 1.69 bits per heavy atom. The molecule has 13 heavy (non-hydrogen) atoms.